The molecular weight excluding hydrogens is 344 g/mol. The number of carbonyl (C=O) groups excluding carboxylic acids is 2. The van der Waals surface area contributed by atoms with Gasteiger partial charge in [0, 0.05) is 36.6 Å². The van der Waals surface area contributed by atoms with Crippen LogP contribution >= 0.6 is 11.6 Å². The summed E-state index contributed by atoms with van der Waals surface area (Å²) >= 11 is 6.11. The van der Waals surface area contributed by atoms with Gasteiger partial charge in [0.2, 0.25) is 5.91 Å². The van der Waals surface area contributed by atoms with Crippen molar-refractivity contribution in [2.45, 2.75) is 39.2 Å². The molecule has 25 heavy (non-hydrogen) atoms. The van der Waals surface area contributed by atoms with Crippen molar-refractivity contribution in [3.05, 3.63) is 34.3 Å². The number of carboxylic acid groups (broad SMARTS) is 1. The van der Waals surface area contributed by atoms with Crippen LogP contribution in [0.2, 0.25) is 5.02 Å². The monoisotopic (exact) mass is 366 g/mol. The van der Waals surface area contributed by atoms with E-state index in [0.29, 0.717) is 36.5 Å². The van der Waals surface area contributed by atoms with Crippen LogP contribution < -0.4 is 0 Å². The van der Waals surface area contributed by atoms with Crippen molar-refractivity contribution in [1.82, 2.24) is 9.80 Å². The molecule has 1 aromatic carbocycles. The molecule has 136 valence electrons. The highest BCUT2D eigenvalue weighted by atomic mass is 35.5. The Kier molecular flexibility index (Phi) is 6.42. The third-order valence-corrected chi connectivity index (χ3v) is 5.04. The quantitative estimate of drug-likeness (QED) is 0.888. The number of hydrogen-bond acceptors (Lipinski definition) is 3. The number of benzene rings is 1. The molecule has 7 heteroatoms. The van der Waals surface area contributed by atoms with Crippen molar-refractivity contribution in [3.8, 4) is 0 Å². The number of rotatable bonds is 4. The van der Waals surface area contributed by atoms with E-state index in [1.165, 1.54) is 11.8 Å². The van der Waals surface area contributed by atoms with Crippen LogP contribution in [-0.2, 0) is 9.59 Å². The number of hydrogen-bond donors (Lipinski definition) is 1. The van der Waals surface area contributed by atoms with Crippen LogP contribution in [0.25, 0.3) is 0 Å². The lowest BCUT2D eigenvalue weighted by molar-refractivity contribution is -0.145. The maximum atomic E-state index is 12.8. The highest BCUT2D eigenvalue weighted by Crippen LogP contribution is 2.23. The van der Waals surface area contributed by atoms with E-state index >= 15 is 0 Å². The molecule has 1 atom stereocenters. The molecule has 1 fully saturated rings. The first-order valence-corrected chi connectivity index (χ1v) is 8.72. The van der Waals surface area contributed by atoms with E-state index in [1.807, 2.05) is 6.92 Å². The van der Waals surface area contributed by atoms with E-state index in [2.05, 4.69) is 0 Å². The average molecular weight is 367 g/mol. The summed E-state index contributed by atoms with van der Waals surface area (Å²) in [7, 11) is 0. The fraction of sp³-hybridized carbons (Fsp3) is 0.500. The Balaban J connectivity index is 2.10. The summed E-state index contributed by atoms with van der Waals surface area (Å²) in [6, 6.07) is 5.11. The second kappa shape index (κ2) is 8.34. The molecule has 0 radical (unpaired) electrons. The zero-order valence-electron chi connectivity index (χ0n) is 14.5. The molecule has 2 amide bonds. The number of amides is 2. The van der Waals surface area contributed by atoms with Gasteiger partial charge in [-0.3, -0.25) is 14.4 Å². The summed E-state index contributed by atoms with van der Waals surface area (Å²) in [6.07, 6.45) is 1.98. The van der Waals surface area contributed by atoms with Gasteiger partial charge in [-0.1, -0.05) is 17.7 Å². The van der Waals surface area contributed by atoms with Gasteiger partial charge in [-0.15, -0.1) is 0 Å². The third-order valence-electron chi connectivity index (χ3n) is 4.63. The first-order chi connectivity index (χ1) is 11.8. The van der Waals surface area contributed by atoms with Crippen molar-refractivity contribution in [2.75, 3.05) is 19.6 Å². The zero-order valence-corrected chi connectivity index (χ0v) is 15.3. The van der Waals surface area contributed by atoms with Gasteiger partial charge in [0.1, 0.15) is 6.54 Å². The van der Waals surface area contributed by atoms with Crippen molar-refractivity contribution >= 4 is 29.4 Å². The van der Waals surface area contributed by atoms with Crippen LogP contribution in [0.1, 0.15) is 42.1 Å². The predicted molar refractivity (Wildman–Crippen MR) is 94.8 cm³/mol. The number of aliphatic carboxylic acids is 1. The molecule has 0 aromatic heterocycles. The molecule has 0 spiro atoms. The standard InChI is InChI=1S/C18H23ClN2O4/c1-12-15(6-3-7-16(12)19)18(25)20-9-4-5-14(8-10-20)21(13(2)22)11-17(23)24/h3,6-7,14H,4-5,8-11H2,1-2H3,(H,23,24). The van der Waals surface area contributed by atoms with Gasteiger partial charge in [-0.05, 0) is 43.9 Å². The molecular formula is C18H23ClN2O4. The third kappa shape index (κ3) is 4.72. The fourth-order valence-corrected chi connectivity index (χ4v) is 3.42. The number of nitrogens with zero attached hydrogens (tertiary/aromatic N) is 2. The highest BCUT2D eigenvalue weighted by molar-refractivity contribution is 6.31. The maximum Gasteiger partial charge on any atom is 0.323 e. The minimum absolute atomic E-state index is 0.0757. The Morgan fingerprint density at radius 2 is 2.00 bits per heavy atom. The molecule has 6 nitrogen and oxygen atoms in total. The lowest BCUT2D eigenvalue weighted by Crippen LogP contribution is -2.43. The second-order valence-corrected chi connectivity index (χ2v) is 6.74. The van der Waals surface area contributed by atoms with E-state index in [4.69, 9.17) is 16.7 Å². The summed E-state index contributed by atoms with van der Waals surface area (Å²) in [4.78, 5) is 38.7. The number of carbonyl (C=O) groups is 3. The van der Waals surface area contributed by atoms with E-state index in [-0.39, 0.29) is 24.4 Å². The lowest BCUT2D eigenvalue weighted by Gasteiger charge is -2.29. The summed E-state index contributed by atoms with van der Waals surface area (Å²) in [5.41, 5.74) is 1.34. The lowest BCUT2D eigenvalue weighted by atomic mass is 10.1. The van der Waals surface area contributed by atoms with E-state index in [9.17, 15) is 14.4 Å². The van der Waals surface area contributed by atoms with Gasteiger partial charge >= 0.3 is 5.97 Å². The molecule has 2 rings (SSSR count). The molecule has 0 bridgehead atoms. The van der Waals surface area contributed by atoms with Crippen LogP contribution in [0.3, 0.4) is 0 Å². The van der Waals surface area contributed by atoms with Gasteiger partial charge in [0.15, 0.2) is 0 Å². The summed E-state index contributed by atoms with van der Waals surface area (Å²) < 4.78 is 0. The molecule has 1 aliphatic rings. The van der Waals surface area contributed by atoms with Crippen molar-refractivity contribution in [1.29, 1.82) is 0 Å². The zero-order chi connectivity index (χ0) is 18.6. The predicted octanol–water partition coefficient (Wildman–Crippen LogP) is 2.58. The molecule has 0 aliphatic carbocycles. The molecule has 1 aliphatic heterocycles. The summed E-state index contributed by atoms with van der Waals surface area (Å²) in [5.74, 6) is -1.35. The van der Waals surface area contributed by atoms with Gasteiger partial charge in [0.05, 0.1) is 0 Å². The van der Waals surface area contributed by atoms with E-state index in [1.54, 1.807) is 23.1 Å². The number of halogens is 1. The Bertz CT molecular complexity index is 677. The van der Waals surface area contributed by atoms with Crippen LogP contribution in [0.15, 0.2) is 18.2 Å². The Labute approximate surface area is 152 Å². The van der Waals surface area contributed by atoms with Crippen molar-refractivity contribution in [3.63, 3.8) is 0 Å². The van der Waals surface area contributed by atoms with Gasteiger partial charge in [0.25, 0.3) is 5.91 Å². The van der Waals surface area contributed by atoms with Crippen molar-refractivity contribution in [2.24, 2.45) is 0 Å². The molecule has 0 saturated carbocycles. The second-order valence-electron chi connectivity index (χ2n) is 6.33. The van der Waals surface area contributed by atoms with E-state index in [0.717, 1.165) is 12.0 Å². The SMILES string of the molecule is CC(=O)N(CC(=O)O)C1CCCN(C(=O)c2cccc(Cl)c2C)CC1. The maximum absolute atomic E-state index is 12.8. The minimum Gasteiger partial charge on any atom is -0.480 e. The topological polar surface area (TPSA) is 77.9 Å². The summed E-state index contributed by atoms with van der Waals surface area (Å²) in [6.45, 7) is 3.97. The first-order valence-electron chi connectivity index (χ1n) is 8.34. The minimum atomic E-state index is -1.03. The van der Waals surface area contributed by atoms with Gasteiger partial charge in [-0.2, -0.15) is 0 Å². The highest BCUT2D eigenvalue weighted by Gasteiger charge is 2.28. The number of carboxylic acids is 1. The normalized spacial score (nSPS) is 17.7. The Morgan fingerprint density at radius 1 is 1.28 bits per heavy atom. The van der Waals surface area contributed by atoms with Crippen LogP contribution in [0, 0.1) is 6.92 Å². The first kappa shape index (κ1) is 19.2. The van der Waals surface area contributed by atoms with E-state index < -0.39 is 5.97 Å². The Morgan fingerprint density at radius 3 is 2.64 bits per heavy atom. The molecule has 1 unspecified atom stereocenters. The van der Waals surface area contributed by atoms with Crippen LogP contribution in [0.4, 0.5) is 0 Å². The van der Waals surface area contributed by atoms with Crippen molar-refractivity contribution < 1.29 is 19.5 Å². The number of likely N-dealkylation sites (tertiary alicyclic amines) is 1. The average Bonchev–Trinajstić information content (AvgIpc) is 2.80. The smallest absolute Gasteiger partial charge is 0.323 e. The summed E-state index contributed by atoms with van der Waals surface area (Å²) in [5, 5.41) is 9.57. The fourth-order valence-electron chi connectivity index (χ4n) is 3.25. The molecule has 1 saturated heterocycles. The largest absolute Gasteiger partial charge is 0.480 e. The van der Waals surface area contributed by atoms with Crippen LogP contribution in [-0.4, -0.2) is 58.4 Å². The van der Waals surface area contributed by atoms with Crippen LogP contribution in [0.5, 0.6) is 0 Å². The van der Waals surface area contributed by atoms with Gasteiger partial charge in [-0.25, -0.2) is 0 Å². The molecule has 1 aromatic rings. The molecule has 1 heterocycles. The molecule has 1 N–H and O–H groups in total. The van der Waals surface area contributed by atoms with Gasteiger partial charge < -0.3 is 14.9 Å². The Hall–Kier alpha value is -2.08.